The van der Waals surface area contributed by atoms with Gasteiger partial charge < -0.3 is 5.32 Å². The molecule has 1 amide bonds. The van der Waals surface area contributed by atoms with Crippen molar-refractivity contribution in [2.45, 2.75) is 20.4 Å². The van der Waals surface area contributed by atoms with Gasteiger partial charge in [-0.3, -0.25) is 24.3 Å². The van der Waals surface area contributed by atoms with E-state index in [9.17, 15) is 19.7 Å². The molecule has 0 aliphatic rings. The van der Waals surface area contributed by atoms with Crippen molar-refractivity contribution < 1.29 is 9.72 Å². The normalized spacial score (nSPS) is 10.9. The van der Waals surface area contributed by atoms with Crippen LogP contribution < -0.4 is 10.9 Å². The third kappa shape index (κ3) is 3.78. The molecule has 4 aromatic rings. The van der Waals surface area contributed by atoms with Gasteiger partial charge in [-0.1, -0.05) is 24.3 Å². The number of fused-ring (bicyclic) bond motifs is 1. The molecular formula is C21H18N6O4. The van der Waals surface area contributed by atoms with E-state index < -0.39 is 16.4 Å². The van der Waals surface area contributed by atoms with Gasteiger partial charge in [-0.2, -0.15) is 5.10 Å². The van der Waals surface area contributed by atoms with Crippen molar-refractivity contribution >= 4 is 28.3 Å². The summed E-state index contributed by atoms with van der Waals surface area (Å²) < 4.78 is 2.72. The number of anilines is 1. The molecule has 0 bridgehead atoms. The Kier molecular flexibility index (Phi) is 5.04. The quantitative estimate of drug-likeness (QED) is 0.392. The van der Waals surface area contributed by atoms with Crippen molar-refractivity contribution in [3.8, 4) is 5.69 Å². The summed E-state index contributed by atoms with van der Waals surface area (Å²) >= 11 is 0. The maximum Gasteiger partial charge on any atom is 0.293 e. The molecule has 31 heavy (non-hydrogen) atoms. The SMILES string of the molecule is Cc1ccc(NC(=O)Cn2cnc3c(cnn3-c3ccccc3C)c2=O)c([N+](=O)[O-])c1. The molecule has 2 aromatic carbocycles. The van der Waals surface area contributed by atoms with Gasteiger partial charge in [0.15, 0.2) is 5.65 Å². The molecule has 1 N–H and O–H groups in total. The van der Waals surface area contributed by atoms with E-state index >= 15 is 0 Å². The Hall–Kier alpha value is -4.34. The van der Waals surface area contributed by atoms with Crippen LogP contribution in [-0.4, -0.2) is 30.2 Å². The number of nitrogens with one attached hydrogen (secondary N) is 1. The number of carbonyl (C=O) groups is 1. The first kappa shape index (κ1) is 20.0. The summed E-state index contributed by atoms with van der Waals surface area (Å²) in [6.45, 7) is 3.30. The topological polar surface area (TPSA) is 125 Å². The maximum absolute atomic E-state index is 12.8. The number of nitrogens with zero attached hydrogens (tertiary/aromatic N) is 5. The molecule has 10 heteroatoms. The molecule has 2 aromatic heterocycles. The van der Waals surface area contributed by atoms with E-state index in [1.807, 2.05) is 31.2 Å². The van der Waals surface area contributed by atoms with Crippen molar-refractivity contribution in [3.05, 3.63) is 86.6 Å². The number of aryl methyl sites for hydroxylation is 2. The Balaban J connectivity index is 1.62. The fourth-order valence-corrected chi connectivity index (χ4v) is 3.28. The van der Waals surface area contributed by atoms with Crippen LogP contribution in [0.15, 0.2) is 59.8 Å². The second kappa shape index (κ2) is 7.82. The summed E-state index contributed by atoms with van der Waals surface area (Å²) in [4.78, 5) is 40.3. The van der Waals surface area contributed by atoms with Gasteiger partial charge in [0.2, 0.25) is 5.91 Å². The lowest BCUT2D eigenvalue weighted by atomic mass is 10.2. The number of benzene rings is 2. The highest BCUT2D eigenvalue weighted by atomic mass is 16.6. The molecule has 0 radical (unpaired) electrons. The van der Waals surface area contributed by atoms with Gasteiger partial charge >= 0.3 is 0 Å². The molecule has 0 saturated carbocycles. The molecular weight excluding hydrogens is 400 g/mol. The number of nitro groups is 1. The van der Waals surface area contributed by atoms with Gasteiger partial charge in [-0.05, 0) is 37.1 Å². The van der Waals surface area contributed by atoms with E-state index in [1.165, 1.54) is 24.7 Å². The monoisotopic (exact) mass is 418 g/mol. The van der Waals surface area contributed by atoms with Gasteiger partial charge in [-0.25, -0.2) is 9.67 Å². The zero-order valence-corrected chi connectivity index (χ0v) is 16.8. The number of amides is 1. The number of aromatic nitrogens is 4. The van der Waals surface area contributed by atoms with E-state index in [4.69, 9.17) is 0 Å². The number of para-hydroxylation sites is 1. The first-order valence-corrected chi connectivity index (χ1v) is 9.39. The number of rotatable bonds is 5. The minimum atomic E-state index is -0.582. The van der Waals surface area contributed by atoms with Crippen LogP contribution >= 0.6 is 0 Å². The second-order valence-corrected chi connectivity index (χ2v) is 7.08. The minimum absolute atomic E-state index is 0.0649. The Morgan fingerprint density at radius 3 is 2.71 bits per heavy atom. The van der Waals surface area contributed by atoms with E-state index in [1.54, 1.807) is 17.7 Å². The molecule has 0 unspecified atom stereocenters. The summed E-state index contributed by atoms with van der Waals surface area (Å²) in [5, 5.41) is 18.3. The predicted octanol–water partition coefficient (Wildman–Crippen LogP) is 2.75. The van der Waals surface area contributed by atoms with Crippen LogP contribution in [0.1, 0.15) is 11.1 Å². The van der Waals surface area contributed by atoms with E-state index in [0.29, 0.717) is 11.2 Å². The lowest BCUT2D eigenvalue weighted by molar-refractivity contribution is -0.384. The predicted molar refractivity (Wildman–Crippen MR) is 114 cm³/mol. The summed E-state index contributed by atoms with van der Waals surface area (Å²) in [5.74, 6) is -0.582. The molecule has 2 heterocycles. The summed E-state index contributed by atoms with van der Waals surface area (Å²) in [7, 11) is 0. The molecule has 0 spiro atoms. The van der Waals surface area contributed by atoms with Crippen molar-refractivity contribution in [3.63, 3.8) is 0 Å². The fourth-order valence-electron chi connectivity index (χ4n) is 3.28. The molecule has 0 aliphatic heterocycles. The van der Waals surface area contributed by atoms with Crippen LogP contribution in [0.25, 0.3) is 16.7 Å². The van der Waals surface area contributed by atoms with Crippen molar-refractivity contribution in [2.75, 3.05) is 5.32 Å². The average molecular weight is 418 g/mol. The Morgan fingerprint density at radius 2 is 1.97 bits per heavy atom. The van der Waals surface area contributed by atoms with Crippen molar-refractivity contribution in [1.82, 2.24) is 19.3 Å². The highest BCUT2D eigenvalue weighted by Gasteiger charge is 2.18. The molecule has 0 aliphatic carbocycles. The number of hydrogen-bond donors (Lipinski definition) is 1. The largest absolute Gasteiger partial charge is 0.319 e. The molecule has 0 fully saturated rings. The Bertz CT molecular complexity index is 1390. The van der Waals surface area contributed by atoms with Crippen LogP contribution in [0.4, 0.5) is 11.4 Å². The molecule has 0 atom stereocenters. The van der Waals surface area contributed by atoms with Gasteiger partial charge in [0.25, 0.3) is 11.2 Å². The zero-order chi connectivity index (χ0) is 22.1. The molecule has 10 nitrogen and oxygen atoms in total. The second-order valence-electron chi connectivity index (χ2n) is 7.08. The van der Waals surface area contributed by atoms with Crippen LogP contribution in [-0.2, 0) is 11.3 Å². The summed E-state index contributed by atoms with van der Waals surface area (Å²) in [6, 6.07) is 12.1. The highest BCUT2D eigenvalue weighted by Crippen LogP contribution is 2.25. The van der Waals surface area contributed by atoms with Gasteiger partial charge in [0, 0.05) is 6.07 Å². The Morgan fingerprint density at radius 1 is 1.19 bits per heavy atom. The first-order valence-electron chi connectivity index (χ1n) is 9.39. The number of hydrogen-bond acceptors (Lipinski definition) is 6. The zero-order valence-electron chi connectivity index (χ0n) is 16.8. The standard InChI is InChI=1S/C21H18N6O4/c1-13-7-8-16(18(9-13)27(30)31)24-19(28)11-25-12-22-20-15(21(25)29)10-23-26(20)17-6-4-3-5-14(17)2/h3-10,12H,11H2,1-2H3,(H,24,28). The van der Waals surface area contributed by atoms with Crippen LogP contribution in [0.5, 0.6) is 0 Å². The third-order valence-electron chi connectivity index (χ3n) is 4.84. The third-order valence-corrected chi connectivity index (χ3v) is 4.84. The van der Waals surface area contributed by atoms with Crippen LogP contribution in [0.3, 0.4) is 0 Å². The first-order chi connectivity index (χ1) is 14.8. The van der Waals surface area contributed by atoms with Gasteiger partial charge in [-0.15, -0.1) is 0 Å². The maximum atomic E-state index is 12.8. The average Bonchev–Trinajstić information content (AvgIpc) is 3.16. The highest BCUT2D eigenvalue weighted by molar-refractivity contribution is 5.93. The van der Waals surface area contributed by atoms with Gasteiger partial charge in [0.05, 0.1) is 16.8 Å². The fraction of sp³-hybridized carbons (Fsp3) is 0.143. The lowest BCUT2D eigenvalue weighted by Crippen LogP contribution is -2.28. The number of nitro benzene ring substituents is 1. The molecule has 4 rings (SSSR count). The van der Waals surface area contributed by atoms with Crippen LogP contribution in [0, 0.1) is 24.0 Å². The van der Waals surface area contributed by atoms with Crippen molar-refractivity contribution in [2.24, 2.45) is 0 Å². The molecule has 156 valence electrons. The summed E-state index contributed by atoms with van der Waals surface area (Å²) in [6.07, 6.45) is 2.68. The minimum Gasteiger partial charge on any atom is -0.319 e. The molecule has 0 saturated heterocycles. The van der Waals surface area contributed by atoms with Gasteiger partial charge in [0.1, 0.15) is 23.9 Å². The van der Waals surface area contributed by atoms with Crippen LogP contribution in [0.2, 0.25) is 0 Å². The van der Waals surface area contributed by atoms with E-state index in [-0.39, 0.29) is 23.3 Å². The Labute approximate surface area is 175 Å². The van der Waals surface area contributed by atoms with E-state index in [2.05, 4.69) is 15.4 Å². The van der Waals surface area contributed by atoms with Crippen molar-refractivity contribution in [1.29, 1.82) is 0 Å². The summed E-state index contributed by atoms with van der Waals surface area (Å²) in [5.41, 5.74) is 2.26. The lowest BCUT2D eigenvalue weighted by Gasteiger charge is -2.09. The number of carbonyl (C=O) groups excluding carboxylic acids is 1. The smallest absolute Gasteiger partial charge is 0.293 e. The van der Waals surface area contributed by atoms with E-state index in [0.717, 1.165) is 15.8 Å².